The van der Waals surface area contributed by atoms with Gasteiger partial charge in [-0.25, -0.2) is 35.1 Å². The predicted molar refractivity (Wildman–Crippen MR) is 345 cm³/mol. The Kier molecular flexibility index (Phi) is 30.8. The molecule has 0 atom stereocenters. The minimum absolute atomic E-state index is 0.0681. The lowest BCUT2D eigenvalue weighted by molar-refractivity contribution is 0.340. The second-order valence-corrected chi connectivity index (χ2v) is 20.1. The molecule has 0 saturated carbocycles. The van der Waals surface area contributed by atoms with E-state index >= 15 is 0 Å². The zero-order valence-corrected chi connectivity index (χ0v) is 52.4. The van der Waals surface area contributed by atoms with E-state index in [9.17, 15) is 35.1 Å². The average Bonchev–Trinajstić information content (AvgIpc) is 1.84. The molecule has 4 nitrogen and oxygen atoms in total. The van der Waals surface area contributed by atoms with Gasteiger partial charge in [0.1, 0.15) is 23.0 Å². The first kappa shape index (κ1) is 71.4. The molecule has 0 aliphatic rings. The number of rotatable bonds is 18. The summed E-state index contributed by atoms with van der Waals surface area (Å²) in [7, 11) is 0. The van der Waals surface area contributed by atoms with Crippen molar-refractivity contribution in [2.45, 2.75) is 120 Å². The lowest BCUT2D eigenvalue weighted by atomic mass is 10.0. The SMILES string of the molecule is CCCCCc1ccc(C#Cc2ccc(OCC)cc2)c(F)c1F.CCCCc1ccc(C#Cc2ccc(OCC)cc2)c(F)c1F.CCCc1ccc(C#Cc2ccc(OCC)cc2)c(F)c1F.CCOc1ccc(C#Cc2ccc(CC)c(F)c2F)cc1. The van der Waals surface area contributed by atoms with Gasteiger partial charge in [0.15, 0.2) is 46.5 Å². The van der Waals surface area contributed by atoms with Gasteiger partial charge in [-0.2, -0.15) is 0 Å². The highest BCUT2D eigenvalue weighted by Crippen LogP contribution is 2.23. The van der Waals surface area contributed by atoms with Crippen LogP contribution in [0, 0.1) is 93.9 Å². The molecule has 0 bridgehead atoms. The number of hydrogen-bond donors (Lipinski definition) is 0. The molecule has 0 aromatic heterocycles. The molecule has 0 spiro atoms. The van der Waals surface area contributed by atoms with E-state index in [0.717, 1.165) is 83.8 Å². The fourth-order valence-corrected chi connectivity index (χ4v) is 8.56. The van der Waals surface area contributed by atoms with Crippen LogP contribution in [0.1, 0.15) is 161 Å². The lowest BCUT2D eigenvalue weighted by Crippen LogP contribution is -1.98. The van der Waals surface area contributed by atoms with E-state index in [-0.39, 0.29) is 22.3 Å². The van der Waals surface area contributed by atoms with Gasteiger partial charge in [0.05, 0.1) is 48.7 Å². The summed E-state index contributed by atoms with van der Waals surface area (Å²) in [4.78, 5) is 0. The Morgan fingerprint density at radius 1 is 0.244 bits per heavy atom. The molecule has 0 radical (unpaired) electrons. The maximum atomic E-state index is 14.1. The number of ether oxygens (including phenoxy) is 4. The lowest BCUT2D eigenvalue weighted by Gasteiger charge is -2.05. The van der Waals surface area contributed by atoms with Crippen molar-refractivity contribution < 1.29 is 54.1 Å². The summed E-state index contributed by atoms with van der Waals surface area (Å²) in [6, 6.07) is 41.3. The third-order valence-electron chi connectivity index (χ3n) is 13.4. The Bertz CT molecular complexity index is 3810. The molecule has 0 heterocycles. The fraction of sp³-hybridized carbons (Fsp3) is 0.282. The monoisotopic (exact) mass is 1230 g/mol. The van der Waals surface area contributed by atoms with Gasteiger partial charge in [0.2, 0.25) is 0 Å². The first-order valence-electron chi connectivity index (χ1n) is 30.5. The highest BCUT2D eigenvalue weighted by atomic mass is 19.2. The maximum absolute atomic E-state index is 14.1. The van der Waals surface area contributed by atoms with Gasteiger partial charge in [-0.1, -0.05) is 125 Å². The quantitative estimate of drug-likeness (QED) is 0.0487. The third-order valence-corrected chi connectivity index (χ3v) is 13.4. The molecule has 12 heteroatoms. The predicted octanol–water partition coefficient (Wildman–Crippen LogP) is 19.6. The number of halogens is 8. The first-order chi connectivity index (χ1) is 43.6. The van der Waals surface area contributed by atoms with Crippen molar-refractivity contribution in [1.29, 1.82) is 0 Å². The second kappa shape index (κ2) is 38.8. The molecule has 0 N–H and O–H groups in total. The Morgan fingerprint density at radius 2 is 0.500 bits per heavy atom. The van der Waals surface area contributed by atoms with Gasteiger partial charge in [-0.3, -0.25) is 0 Å². The van der Waals surface area contributed by atoms with Crippen molar-refractivity contribution >= 4 is 0 Å². The summed E-state index contributed by atoms with van der Waals surface area (Å²) >= 11 is 0. The Labute approximate surface area is 527 Å². The van der Waals surface area contributed by atoms with Crippen molar-refractivity contribution in [1.82, 2.24) is 0 Å². The summed E-state index contributed by atoms with van der Waals surface area (Å²) in [5, 5.41) is 0. The molecular weight excluding hydrogens is 1150 g/mol. The van der Waals surface area contributed by atoms with Gasteiger partial charge in [0.25, 0.3) is 0 Å². The summed E-state index contributed by atoms with van der Waals surface area (Å²) in [5.74, 6) is 18.5. The van der Waals surface area contributed by atoms with E-state index in [1.807, 2.05) is 41.5 Å². The first-order valence-corrected chi connectivity index (χ1v) is 30.5. The number of unbranched alkanes of at least 4 members (excludes halogenated alkanes) is 3. The van der Waals surface area contributed by atoms with E-state index < -0.39 is 46.5 Å². The molecule has 0 unspecified atom stereocenters. The molecule has 8 rings (SSSR count). The molecule has 0 saturated heterocycles. The molecule has 0 fully saturated rings. The van der Waals surface area contributed by atoms with Crippen LogP contribution in [0.2, 0.25) is 0 Å². The van der Waals surface area contributed by atoms with E-state index in [4.69, 9.17) is 18.9 Å². The van der Waals surface area contributed by atoms with Crippen LogP contribution in [0.5, 0.6) is 23.0 Å². The van der Waals surface area contributed by atoms with Crippen molar-refractivity contribution in [3.63, 3.8) is 0 Å². The van der Waals surface area contributed by atoms with Crippen LogP contribution in [0.25, 0.3) is 0 Å². The number of aryl methyl sites for hydroxylation is 4. The minimum atomic E-state index is -0.882. The summed E-state index contributed by atoms with van der Waals surface area (Å²) in [5.41, 5.74) is 4.80. The van der Waals surface area contributed by atoms with Crippen LogP contribution >= 0.6 is 0 Å². The standard InChI is InChI=1S/C21H22F2O.C20H20F2O.C19H18F2O.C18H16F2O/c1-3-5-6-7-17-12-13-18(21(23)20(17)22)11-8-16-9-14-19(15-10-16)24-4-2;1-3-5-6-16-11-12-17(20(22)19(16)21)10-7-15-8-13-18(14-9-15)23-4-2;1-3-5-15-10-11-16(19(21)18(15)20)9-6-14-7-12-17(13-8-14)22-4-2;1-3-14-9-10-15(18(20)17(14)19)8-5-13-6-11-16(12-7-13)21-4-2/h9-10,12-15H,3-7H2,1-2H3;8-9,11-14H,3-6H2,1-2H3;7-8,10-13H,3-5H2,1-2H3;6-7,9-12H,3-4H2,1-2H3. The summed E-state index contributed by atoms with van der Waals surface area (Å²) in [6.45, 7) is 17.8. The van der Waals surface area contributed by atoms with Gasteiger partial charge >= 0.3 is 0 Å². The van der Waals surface area contributed by atoms with Gasteiger partial charge in [0, 0.05) is 22.3 Å². The van der Waals surface area contributed by atoms with Gasteiger partial charge in [-0.15, -0.1) is 0 Å². The van der Waals surface area contributed by atoms with Crippen LogP contribution in [0.3, 0.4) is 0 Å². The molecule has 0 amide bonds. The zero-order chi connectivity index (χ0) is 65.2. The molecule has 468 valence electrons. The zero-order valence-electron chi connectivity index (χ0n) is 52.4. The Balaban J connectivity index is 0.000000218. The normalized spacial score (nSPS) is 10.0. The van der Waals surface area contributed by atoms with Crippen LogP contribution in [-0.2, 0) is 25.7 Å². The Hall–Kier alpha value is -9.36. The molecule has 0 aliphatic heterocycles. The third kappa shape index (κ3) is 22.7. The van der Waals surface area contributed by atoms with Crippen molar-refractivity contribution in [2.24, 2.45) is 0 Å². The summed E-state index contributed by atoms with van der Waals surface area (Å²) in [6.07, 6.45) is 7.57. The van der Waals surface area contributed by atoms with E-state index in [0.29, 0.717) is 74.4 Å². The minimum Gasteiger partial charge on any atom is -0.494 e. The smallest absolute Gasteiger partial charge is 0.174 e. The second-order valence-electron chi connectivity index (χ2n) is 20.1. The highest BCUT2D eigenvalue weighted by molar-refractivity contribution is 5.50. The van der Waals surface area contributed by atoms with Crippen LogP contribution < -0.4 is 18.9 Å². The van der Waals surface area contributed by atoms with Gasteiger partial charge < -0.3 is 18.9 Å². The summed E-state index contributed by atoms with van der Waals surface area (Å²) < 4.78 is 133. The molecular formula is C78H76F8O4. The van der Waals surface area contributed by atoms with E-state index in [1.165, 1.54) is 12.1 Å². The molecule has 0 aliphatic carbocycles. The van der Waals surface area contributed by atoms with E-state index in [2.05, 4.69) is 54.3 Å². The van der Waals surface area contributed by atoms with Crippen LogP contribution in [-0.4, -0.2) is 26.4 Å². The largest absolute Gasteiger partial charge is 0.494 e. The Morgan fingerprint density at radius 3 is 0.756 bits per heavy atom. The topological polar surface area (TPSA) is 36.9 Å². The van der Waals surface area contributed by atoms with Crippen molar-refractivity contribution in [2.75, 3.05) is 26.4 Å². The fourth-order valence-electron chi connectivity index (χ4n) is 8.56. The molecule has 8 aromatic carbocycles. The van der Waals surface area contributed by atoms with E-state index in [1.54, 1.807) is 140 Å². The van der Waals surface area contributed by atoms with Gasteiger partial charge in [-0.05, 0) is 210 Å². The number of hydrogen-bond acceptors (Lipinski definition) is 4. The molecule has 90 heavy (non-hydrogen) atoms. The maximum Gasteiger partial charge on any atom is 0.174 e. The van der Waals surface area contributed by atoms with Crippen LogP contribution in [0.15, 0.2) is 146 Å². The molecule has 8 aromatic rings. The van der Waals surface area contributed by atoms with Crippen molar-refractivity contribution in [3.8, 4) is 70.4 Å². The average molecular weight is 1230 g/mol. The highest BCUT2D eigenvalue weighted by Gasteiger charge is 2.15. The van der Waals surface area contributed by atoms with Crippen molar-refractivity contribution in [3.05, 3.63) is 259 Å². The van der Waals surface area contributed by atoms with Crippen LogP contribution in [0.4, 0.5) is 35.1 Å². The number of benzene rings is 8.